The Bertz CT molecular complexity index is 616. The number of rotatable bonds is 4. The summed E-state index contributed by atoms with van der Waals surface area (Å²) in [6.45, 7) is 11.3. The molecule has 1 aromatic rings. The molecule has 4 nitrogen and oxygen atoms in total. The van der Waals surface area contributed by atoms with Gasteiger partial charge in [0, 0.05) is 20.5 Å². The van der Waals surface area contributed by atoms with E-state index in [1.54, 1.807) is 18.0 Å². The second kappa shape index (κ2) is 12.9. The largest absolute Gasteiger partial charge is 0.400 e. The summed E-state index contributed by atoms with van der Waals surface area (Å²) in [5.41, 5.74) is 3.01. The van der Waals surface area contributed by atoms with E-state index in [1.807, 2.05) is 69.3 Å². The lowest BCUT2D eigenvalue weighted by atomic mass is 9.98. The average Bonchev–Trinajstić information content (AvgIpc) is 3.11. The predicted molar refractivity (Wildman–Crippen MR) is 106 cm³/mol. The van der Waals surface area contributed by atoms with Crippen molar-refractivity contribution in [1.82, 2.24) is 5.01 Å². The molecule has 0 saturated heterocycles. The number of allylic oxidation sites excluding steroid dienone is 5. The van der Waals surface area contributed by atoms with Crippen LogP contribution in [0.15, 0.2) is 71.9 Å². The van der Waals surface area contributed by atoms with Gasteiger partial charge in [0.25, 0.3) is 0 Å². The molecule has 1 unspecified atom stereocenters. The zero-order valence-corrected chi connectivity index (χ0v) is 15.9. The van der Waals surface area contributed by atoms with Crippen LogP contribution in [-0.2, 0) is 4.79 Å². The molecule has 0 radical (unpaired) electrons. The van der Waals surface area contributed by atoms with Gasteiger partial charge in [-0.25, -0.2) is 5.01 Å². The van der Waals surface area contributed by atoms with Crippen LogP contribution in [0, 0.1) is 0 Å². The summed E-state index contributed by atoms with van der Waals surface area (Å²) in [5.74, 6) is -0.0442. The molecule has 1 aromatic carbocycles. The first-order valence-electron chi connectivity index (χ1n) is 8.50. The van der Waals surface area contributed by atoms with Crippen LogP contribution >= 0.6 is 0 Å². The number of aliphatic hydroxyl groups excluding tert-OH is 1. The van der Waals surface area contributed by atoms with Gasteiger partial charge < -0.3 is 5.11 Å². The molecule has 0 fully saturated rings. The third-order valence-corrected chi connectivity index (χ3v) is 3.39. The highest BCUT2D eigenvalue weighted by Crippen LogP contribution is 2.32. The molecule has 0 bridgehead atoms. The number of nitrogens with zero attached hydrogens (tertiary/aromatic N) is 2. The summed E-state index contributed by atoms with van der Waals surface area (Å²) < 4.78 is 0. The number of amides is 1. The van der Waals surface area contributed by atoms with E-state index < -0.39 is 0 Å². The molecule has 1 amide bonds. The maximum absolute atomic E-state index is 11.9. The van der Waals surface area contributed by atoms with Crippen LogP contribution in [0.25, 0.3) is 0 Å². The minimum atomic E-state index is -0.0442. The van der Waals surface area contributed by atoms with Crippen LogP contribution in [0.2, 0.25) is 0 Å². The third kappa shape index (κ3) is 6.51. The van der Waals surface area contributed by atoms with Crippen molar-refractivity contribution < 1.29 is 9.90 Å². The molecule has 4 heteroatoms. The molecule has 25 heavy (non-hydrogen) atoms. The second-order valence-corrected chi connectivity index (χ2v) is 4.90. The van der Waals surface area contributed by atoms with E-state index >= 15 is 0 Å². The summed E-state index contributed by atoms with van der Waals surface area (Å²) >= 11 is 0. The summed E-state index contributed by atoms with van der Waals surface area (Å²) in [7, 11) is 1.00. The molecule has 1 aliphatic rings. The lowest BCUT2D eigenvalue weighted by Crippen LogP contribution is -2.24. The molecular weight excluding hydrogens is 312 g/mol. The van der Waals surface area contributed by atoms with Crippen molar-refractivity contribution in [3.05, 3.63) is 72.4 Å². The number of hydrazone groups is 1. The Morgan fingerprint density at radius 3 is 2.36 bits per heavy atom. The minimum absolute atomic E-state index is 0.0304. The summed E-state index contributed by atoms with van der Waals surface area (Å²) in [4.78, 5) is 11.9. The highest BCUT2D eigenvalue weighted by atomic mass is 16.2. The van der Waals surface area contributed by atoms with Gasteiger partial charge >= 0.3 is 0 Å². The van der Waals surface area contributed by atoms with Gasteiger partial charge in [-0.05, 0) is 18.1 Å². The zero-order valence-electron chi connectivity index (χ0n) is 15.9. The molecule has 136 valence electrons. The van der Waals surface area contributed by atoms with E-state index in [0.717, 1.165) is 24.0 Å². The van der Waals surface area contributed by atoms with Crippen molar-refractivity contribution in [2.24, 2.45) is 5.10 Å². The molecule has 1 heterocycles. The Kier molecular flexibility index (Phi) is 11.6. The van der Waals surface area contributed by atoms with E-state index in [1.165, 1.54) is 0 Å². The van der Waals surface area contributed by atoms with Gasteiger partial charge in [0.2, 0.25) is 5.91 Å². The number of carbonyl (C=O) groups excluding carboxylic acids is 1. The van der Waals surface area contributed by atoms with Gasteiger partial charge in [0.15, 0.2) is 0 Å². The Morgan fingerprint density at radius 1 is 1.28 bits per heavy atom. The second-order valence-electron chi connectivity index (χ2n) is 4.90. The van der Waals surface area contributed by atoms with E-state index in [2.05, 4.69) is 11.7 Å². The Morgan fingerprint density at radius 2 is 1.88 bits per heavy atom. The smallest absolute Gasteiger partial charge is 0.240 e. The number of hydrogen-bond acceptors (Lipinski definition) is 3. The first-order chi connectivity index (χ1) is 12.2. The zero-order chi connectivity index (χ0) is 19.2. The summed E-state index contributed by atoms with van der Waals surface area (Å²) in [6, 6.07) is 9.98. The van der Waals surface area contributed by atoms with Gasteiger partial charge in [0.1, 0.15) is 0 Å². The fourth-order valence-electron chi connectivity index (χ4n) is 2.46. The first-order valence-corrected chi connectivity index (χ1v) is 8.50. The van der Waals surface area contributed by atoms with Gasteiger partial charge in [-0.2, -0.15) is 5.10 Å². The molecule has 1 N–H and O–H groups in total. The van der Waals surface area contributed by atoms with E-state index in [0.29, 0.717) is 6.42 Å². The van der Waals surface area contributed by atoms with Crippen molar-refractivity contribution in [2.45, 2.75) is 40.2 Å². The van der Waals surface area contributed by atoms with Crippen LogP contribution in [0.4, 0.5) is 0 Å². The summed E-state index contributed by atoms with van der Waals surface area (Å²) in [6.07, 6.45) is 8.34. The standard InChI is InChI=1S/C18H20N2O.C2H6.CH4O/c1-4-9-15(10-5-2)17-13-18(20(19-17)14(3)21)16-11-7-6-8-12-16;2*1-2/h4-12,18H,1,13H2,2-3H3;1-2H3;2H,1H3/b10-5-,15-9+;;. The van der Waals surface area contributed by atoms with E-state index in [9.17, 15) is 4.79 Å². The molecular formula is C21H30N2O2. The first kappa shape index (κ1) is 22.5. The Labute approximate surface area is 151 Å². The van der Waals surface area contributed by atoms with Crippen LogP contribution < -0.4 is 0 Å². The third-order valence-electron chi connectivity index (χ3n) is 3.39. The van der Waals surface area contributed by atoms with Crippen LogP contribution in [0.1, 0.15) is 45.7 Å². The number of carbonyl (C=O) groups is 1. The molecule has 2 rings (SSSR count). The van der Waals surface area contributed by atoms with Crippen molar-refractivity contribution in [3.63, 3.8) is 0 Å². The maximum Gasteiger partial charge on any atom is 0.240 e. The van der Waals surface area contributed by atoms with Gasteiger partial charge in [-0.3, -0.25) is 4.79 Å². The molecule has 1 atom stereocenters. The van der Waals surface area contributed by atoms with Crippen molar-refractivity contribution in [3.8, 4) is 0 Å². The van der Waals surface area contributed by atoms with Gasteiger partial charge in [-0.15, -0.1) is 0 Å². The lowest BCUT2D eigenvalue weighted by Gasteiger charge is -2.20. The molecule has 1 aliphatic heterocycles. The van der Waals surface area contributed by atoms with E-state index in [4.69, 9.17) is 5.11 Å². The Balaban J connectivity index is 0.00000134. The summed E-state index contributed by atoms with van der Waals surface area (Å²) in [5, 5.41) is 13.1. The van der Waals surface area contributed by atoms with Crippen LogP contribution in [0.3, 0.4) is 0 Å². The van der Waals surface area contributed by atoms with Gasteiger partial charge in [0.05, 0.1) is 11.8 Å². The number of hydrogen-bond donors (Lipinski definition) is 1. The van der Waals surface area contributed by atoms with Crippen LogP contribution in [-0.4, -0.2) is 28.8 Å². The predicted octanol–water partition coefficient (Wildman–Crippen LogP) is 4.66. The highest BCUT2D eigenvalue weighted by Gasteiger charge is 2.31. The van der Waals surface area contributed by atoms with Gasteiger partial charge in [-0.1, -0.05) is 75.1 Å². The average molecular weight is 342 g/mol. The van der Waals surface area contributed by atoms with Crippen molar-refractivity contribution >= 4 is 11.6 Å². The maximum atomic E-state index is 11.9. The highest BCUT2D eigenvalue weighted by molar-refractivity contribution is 6.05. The number of aliphatic hydroxyl groups is 1. The topological polar surface area (TPSA) is 52.9 Å². The lowest BCUT2D eigenvalue weighted by molar-refractivity contribution is -0.130. The molecule has 0 saturated carbocycles. The molecule has 0 spiro atoms. The molecule has 0 aliphatic carbocycles. The van der Waals surface area contributed by atoms with Crippen molar-refractivity contribution in [1.29, 1.82) is 0 Å². The quantitative estimate of drug-likeness (QED) is 0.809. The fourth-order valence-corrected chi connectivity index (χ4v) is 2.46. The van der Waals surface area contributed by atoms with Crippen LogP contribution in [0.5, 0.6) is 0 Å². The fraction of sp³-hybridized carbons (Fsp3) is 0.333. The number of benzene rings is 1. The SMILES string of the molecule is C=C/C=C(\C=C/C)C1=NN(C(C)=O)C(c2ccccc2)C1.CC.CO. The minimum Gasteiger partial charge on any atom is -0.400 e. The van der Waals surface area contributed by atoms with E-state index in [-0.39, 0.29) is 11.9 Å². The monoisotopic (exact) mass is 342 g/mol. The molecule has 0 aromatic heterocycles. The normalized spacial score (nSPS) is 16.4. The van der Waals surface area contributed by atoms with Crippen molar-refractivity contribution in [2.75, 3.05) is 7.11 Å². The Hall–Kier alpha value is -2.46.